The highest BCUT2D eigenvalue weighted by Gasteiger charge is 2.20. The summed E-state index contributed by atoms with van der Waals surface area (Å²) in [6.45, 7) is 9.38. The van der Waals surface area contributed by atoms with Gasteiger partial charge in [-0.2, -0.15) is 0 Å². The van der Waals surface area contributed by atoms with Crippen LogP contribution >= 0.6 is 0 Å². The Morgan fingerprint density at radius 3 is 2.05 bits per heavy atom. The van der Waals surface area contributed by atoms with Gasteiger partial charge in [-0.25, -0.2) is 0 Å². The molecule has 4 heteroatoms. The van der Waals surface area contributed by atoms with Crippen molar-refractivity contribution in [2.75, 3.05) is 54.4 Å². The highest BCUT2D eigenvalue weighted by atomic mass is 15.3. The molecule has 0 N–H and O–H groups in total. The minimum Gasteiger partial charge on any atom is -0.349 e. The highest BCUT2D eigenvalue weighted by molar-refractivity contribution is 5.79. The van der Waals surface area contributed by atoms with Crippen LogP contribution in [0.25, 0.3) is 0 Å². The summed E-state index contributed by atoms with van der Waals surface area (Å²) in [5.74, 6) is 2.76. The maximum absolute atomic E-state index is 4.69. The largest absolute Gasteiger partial charge is 0.349 e. The summed E-state index contributed by atoms with van der Waals surface area (Å²) in [6, 6.07) is 0. The van der Waals surface area contributed by atoms with E-state index in [9.17, 15) is 0 Å². The first-order chi connectivity index (χ1) is 8.90. The van der Waals surface area contributed by atoms with Crippen molar-refractivity contribution in [2.24, 2.45) is 16.8 Å². The Morgan fingerprint density at radius 2 is 1.58 bits per heavy atom. The summed E-state index contributed by atoms with van der Waals surface area (Å²) >= 11 is 0. The predicted octanol–water partition coefficient (Wildman–Crippen LogP) is 1.83. The van der Waals surface area contributed by atoms with Gasteiger partial charge in [0.2, 0.25) is 0 Å². The molecule has 0 bridgehead atoms. The van der Waals surface area contributed by atoms with Crippen LogP contribution in [0.2, 0.25) is 0 Å². The standard InChI is InChI=1S/C15H32N4/c1-13-10-14(2)12-19(11-13)9-7-8-16-15(17(3)4)18(5)6/h13-14H,7-12H2,1-6H3. The van der Waals surface area contributed by atoms with Crippen molar-refractivity contribution >= 4 is 5.96 Å². The monoisotopic (exact) mass is 268 g/mol. The van der Waals surface area contributed by atoms with Crippen LogP contribution in [0.1, 0.15) is 26.7 Å². The van der Waals surface area contributed by atoms with Crippen molar-refractivity contribution in [1.82, 2.24) is 14.7 Å². The number of piperidine rings is 1. The molecular formula is C15H32N4. The summed E-state index contributed by atoms with van der Waals surface area (Å²) < 4.78 is 0. The Bertz CT molecular complexity index is 266. The topological polar surface area (TPSA) is 22.1 Å². The van der Waals surface area contributed by atoms with E-state index in [0.29, 0.717) is 0 Å². The fraction of sp³-hybridized carbons (Fsp3) is 0.933. The van der Waals surface area contributed by atoms with Gasteiger partial charge < -0.3 is 14.7 Å². The maximum atomic E-state index is 4.69. The van der Waals surface area contributed by atoms with Gasteiger partial charge in [-0.05, 0) is 31.2 Å². The molecule has 1 aliphatic rings. The first-order valence-electron chi connectivity index (χ1n) is 7.51. The minimum atomic E-state index is 0.853. The third-order valence-corrected chi connectivity index (χ3v) is 3.63. The first-order valence-corrected chi connectivity index (χ1v) is 7.51. The van der Waals surface area contributed by atoms with Crippen LogP contribution in [0.15, 0.2) is 4.99 Å². The molecule has 1 fully saturated rings. The van der Waals surface area contributed by atoms with E-state index in [4.69, 9.17) is 0 Å². The van der Waals surface area contributed by atoms with Crippen molar-refractivity contribution in [3.63, 3.8) is 0 Å². The second kappa shape index (κ2) is 7.73. The number of hydrogen-bond acceptors (Lipinski definition) is 2. The summed E-state index contributed by atoms with van der Waals surface area (Å²) in [5, 5.41) is 0. The van der Waals surface area contributed by atoms with Gasteiger partial charge in [0, 0.05) is 47.8 Å². The Labute approximate surface area is 119 Å². The van der Waals surface area contributed by atoms with E-state index in [1.165, 1.54) is 26.1 Å². The van der Waals surface area contributed by atoms with Gasteiger partial charge in [-0.1, -0.05) is 13.8 Å². The molecule has 2 atom stereocenters. The Kier molecular flexibility index (Phi) is 6.63. The second-order valence-electron chi connectivity index (χ2n) is 6.53. The van der Waals surface area contributed by atoms with Crippen molar-refractivity contribution in [1.29, 1.82) is 0 Å². The van der Waals surface area contributed by atoms with E-state index >= 15 is 0 Å². The molecule has 1 rings (SSSR count). The zero-order valence-corrected chi connectivity index (χ0v) is 13.7. The van der Waals surface area contributed by atoms with Crippen LogP contribution in [0.4, 0.5) is 0 Å². The lowest BCUT2D eigenvalue weighted by Crippen LogP contribution is -2.39. The van der Waals surface area contributed by atoms with Gasteiger partial charge in [-0.3, -0.25) is 4.99 Å². The second-order valence-corrected chi connectivity index (χ2v) is 6.53. The van der Waals surface area contributed by atoms with E-state index in [-0.39, 0.29) is 0 Å². The van der Waals surface area contributed by atoms with Crippen LogP contribution in [0, 0.1) is 11.8 Å². The number of guanidine groups is 1. The number of likely N-dealkylation sites (tertiary alicyclic amines) is 1. The molecule has 0 aromatic carbocycles. The number of hydrogen-bond donors (Lipinski definition) is 0. The van der Waals surface area contributed by atoms with Crippen LogP contribution in [-0.2, 0) is 0 Å². The molecule has 0 saturated carbocycles. The van der Waals surface area contributed by atoms with Crippen LogP contribution < -0.4 is 0 Å². The summed E-state index contributed by atoms with van der Waals surface area (Å²) in [5.41, 5.74) is 0. The van der Waals surface area contributed by atoms with Crippen molar-refractivity contribution in [3.8, 4) is 0 Å². The third kappa shape index (κ3) is 5.81. The molecule has 0 aliphatic carbocycles. The lowest BCUT2D eigenvalue weighted by Gasteiger charge is -2.34. The van der Waals surface area contributed by atoms with Gasteiger partial charge in [0.1, 0.15) is 0 Å². The van der Waals surface area contributed by atoms with E-state index in [2.05, 4.69) is 33.5 Å². The SMILES string of the molecule is CC1CC(C)CN(CCCN=C(N(C)C)N(C)C)C1. The molecule has 0 aromatic heterocycles. The number of nitrogens with zero attached hydrogens (tertiary/aromatic N) is 4. The van der Waals surface area contributed by atoms with Crippen LogP contribution in [0.3, 0.4) is 0 Å². The fourth-order valence-corrected chi connectivity index (χ4v) is 3.13. The van der Waals surface area contributed by atoms with Gasteiger partial charge in [-0.15, -0.1) is 0 Å². The van der Waals surface area contributed by atoms with Crippen molar-refractivity contribution in [2.45, 2.75) is 26.7 Å². The van der Waals surface area contributed by atoms with Crippen LogP contribution in [-0.4, -0.2) is 75.0 Å². The Morgan fingerprint density at radius 1 is 1.05 bits per heavy atom. The van der Waals surface area contributed by atoms with Gasteiger partial charge in [0.25, 0.3) is 0 Å². The summed E-state index contributed by atoms with van der Waals surface area (Å²) in [7, 11) is 8.19. The molecule has 2 unspecified atom stereocenters. The first kappa shape index (κ1) is 16.3. The van der Waals surface area contributed by atoms with Crippen molar-refractivity contribution < 1.29 is 0 Å². The Balaban J connectivity index is 2.31. The van der Waals surface area contributed by atoms with E-state index in [1.54, 1.807) is 0 Å². The summed E-state index contributed by atoms with van der Waals surface area (Å²) in [6.07, 6.45) is 2.55. The molecular weight excluding hydrogens is 236 g/mol. The molecule has 0 spiro atoms. The maximum Gasteiger partial charge on any atom is 0.195 e. The molecule has 0 amide bonds. The van der Waals surface area contributed by atoms with Crippen LogP contribution in [0.5, 0.6) is 0 Å². The van der Waals surface area contributed by atoms with Gasteiger partial charge in [0.05, 0.1) is 0 Å². The van der Waals surface area contributed by atoms with E-state index in [1.807, 2.05) is 28.2 Å². The molecule has 112 valence electrons. The number of aliphatic imine (C=N–C) groups is 1. The van der Waals surface area contributed by atoms with E-state index < -0.39 is 0 Å². The quantitative estimate of drug-likeness (QED) is 0.441. The zero-order valence-electron chi connectivity index (χ0n) is 13.7. The third-order valence-electron chi connectivity index (χ3n) is 3.63. The zero-order chi connectivity index (χ0) is 14.4. The molecule has 19 heavy (non-hydrogen) atoms. The Hall–Kier alpha value is -0.770. The molecule has 1 heterocycles. The highest BCUT2D eigenvalue weighted by Crippen LogP contribution is 2.20. The normalized spacial score (nSPS) is 24.1. The minimum absolute atomic E-state index is 0.853. The van der Waals surface area contributed by atoms with Crippen molar-refractivity contribution in [3.05, 3.63) is 0 Å². The average molecular weight is 268 g/mol. The van der Waals surface area contributed by atoms with E-state index in [0.717, 1.165) is 30.8 Å². The predicted molar refractivity (Wildman–Crippen MR) is 83.7 cm³/mol. The summed E-state index contributed by atoms with van der Waals surface area (Å²) in [4.78, 5) is 11.4. The number of rotatable bonds is 4. The molecule has 0 aromatic rings. The smallest absolute Gasteiger partial charge is 0.195 e. The average Bonchev–Trinajstić information content (AvgIpc) is 2.26. The van der Waals surface area contributed by atoms with Gasteiger partial charge >= 0.3 is 0 Å². The fourth-order valence-electron chi connectivity index (χ4n) is 3.13. The van der Waals surface area contributed by atoms with Gasteiger partial charge in [0.15, 0.2) is 5.96 Å². The molecule has 1 saturated heterocycles. The molecule has 0 radical (unpaired) electrons. The molecule has 1 aliphatic heterocycles. The lowest BCUT2D eigenvalue weighted by molar-refractivity contribution is 0.140. The molecule has 4 nitrogen and oxygen atoms in total. The lowest BCUT2D eigenvalue weighted by atomic mass is 9.92.